The zero-order valence-corrected chi connectivity index (χ0v) is 11.1. The molecule has 0 fully saturated rings. The van der Waals surface area contributed by atoms with Gasteiger partial charge < -0.3 is 10.2 Å². The Bertz CT molecular complexity index is 164. The molecule has 0 heterocycles. The molecule has 0 aromatic carbocycles. The van der Waals surface area contributed by atoms with Crippen molar-refractivity contribution in [3.8, 4) is 0 Å². The van der Waals surface area contributed by atoms with Crippen LogP contribution in [0.15, 0.2) is 0 Å². The monoisotopic (exact) mass is 264 g/mol. The SMILES string of the molecule is CC(C)C(CNC(=O)CCBr)N(C)C. The number of alkyl halides is 1. The van der Waals surface area contributed by atoms with Gasteiger partial charge in [-0.2, -0.15) is 0 Å². The van der Waals surface area contributed by atoms with E-state index >= 15 is 0 Å². The van der Waals surface area contributed by atoms with Crippen molar-refractivity contribution in [3.63, 3.8) is 0 Å². The van der Waals surface area contributed by atoms with Gasteiger partial charge in [0.05, 0.1) is 0 Å². The summed E-state index contributed by atoms with van der Waals surface area (Å²) in [6.07, 6.45) is 0.554. The quantitative estimate of drug-likeness (QED) is 0.738. The summed E-state index contributed by atoms with van der Waals surface area (Å²) < 4.78 is 0. The van der Waals surface area contributed by atoms with Crippen LogP contribution < -0.4 is 5.32 Å². The van der Waals surface area contributed by atoms with Crippen molar-refractivity contribution >= 4 is 21.8 Å². The topological polar surface area (TPSA) is 32.3 Å². The van der Waals surface area contributed by atoms with Crippen LogP contribution in [-0.4, -0.2) is 42.8 Å². The summed E-state index contributed by atoms with van der Waals surface area (Å²) in [4.78, 5) is 13.4. The first kappa shape index (κ1) is 13.9. The number of carbonyl (C=O) groups excluding carboxylic acids is 1. The van der Waals surface area contributed by atoms with Gasteiger partial charge in [-0.3, -0.25) is 4.79 Å². The Kier molecular flexibility index (Phi) is 7.19. The second-order valence-electron chi connectivity index (χ2n) is 4.02. The van der Waals surface area contributed by atoms with Gasteiger partial charge in [0.15, 0.2) is 0 Å². The maximum atomic E-state index is 11.2. The number of carbonyl (C=O) groups is 1. The van der Waals surface area contributed by atoms with Gasteiger partial charge in [-0.15, -0.1) is 0 Å². The van der Waals surface area contributed by atoms with Crippen LogP contribution in [0.2, 0.25) is 0 Å². The minimum absolute atomic E-state index is 0.120. The van der Waals surface area contributed by atoms with Crippen molar-refractivity contribution in [2.45, 2.75) is 26.3 Å². The molecule has 0 radical (unpaired) electrons. The van der Waals surface area contributed by atoms with Crippen LogP contribution in [0.1, 0.15) is 20.3 Å². The van der Waals surface area contributed by atoms with Crippen LogP contribution in [0, 0.1) is 5.92 Å². The first-order valence-electron chi connectivity index (χ1n) is 4.98. The Balaban J connectivity index is 3.88. The lowest BCUT2D eigenvalue weighted by Gasteiger charge is -2.28. The Labute approximate surface area is 95.4 Å². The van der Waals surface area contributed by atoms with E-state index in [2.05, 4.69) is 40.0 Å². The van der Waals surface area contributed by atoms with Crippen molar-refractivity contribution in [3.05, 3.63) is 0 Å². The summed E-state index contributed by atoms with van der Waals surface area (Å²) in [6, 6.07) is 0.411. The van der Waals surface area contributed by atoms with E-state index in [-0.39, 0.29) is 5.91 Å². The van der Waals surface area contributed by atoms with Crippen LogP contribution in [-0.2, 0) is 4.79 Å². The number of likely N-dealkylation sites (N-methyl/N-ethyl adjacent to an activating group) is 1. The lowest BCUT2D eigenvalue weighted by molar-refractivity contribution is -0.120. The number of nitrogens with one attached hydrogen (secondary N) is 1. The third kappa shape index (κ3) is 5.60. The van der Waals surface area contributed by atoms with Gasteiger partial charge in [-0.25, -0.2) is 0 Å². The molecular weight excluding hydrogens is 244 g/mol. The van der Waals surface area contributed by atoms with Gasteiger partial charge in [0.25, 0.3) is 0 Å². The summed E-state index contributed by atoms with van der Waals surface area (Å²) in [5, 5.41) is 3.67. The molecule has 84 valence electrons. The van der Waals surface area contributed by atoms with Crippen LogP contribution in [0.3, 0.4) is 0 Å². The molecule has 0 aliphatic heterocycles. The highest BCUT2D eigenvalue weighted by Gasteiger charge is 2.15. The second-order valence-corrected chi connectivity index (χ2v) is 4.81. The van der Waals surface area contributed by atoms with E-state index in [1.807, 2.05) is 14.1 Å². The van der Waals surface area contributed by atoms with Crippen molar-refractivity contribution in [1.29, 1.82) is 0 Å². The molecule has 3 nitrogen and oxygen atoms in total. The van der Waals surface area contributed by atoms with E-state index < -0.39 is 0 Å². The van der Waals surface area contributed by atoms with E-state index in [4.69, 9.17) is 0 Å². The van der Waals surface area contributed by atoms with Gasteiger partial charge in [0, 0.05) is 24.3 Å². The Morgan fingerprint density at radius 1 is 1.43 bits per heavy atom. The number of amides is 1. The van der Waals surface area contributed by atoms with Gasteiger partial charge in [-0.05, 0) is 20.0 Å². The third-order valence-electron chi connectivity index (χ3n) is 2.26. The molecule has 4 heteroatoms. The highest BCUT2D eigenvalue weighted by atomic mass is 79.9. The van der Waals surface area contributed by atoms with Crippen LogP contribution in [0.5, 0.6) is 0 Å². The van der Waals surface area contributed by atoms with E-state index in [1.165, 1.54) is 0 Å². The molecule has 0 aliphatic carbocycles. The summed E-state index contributed by atoms with van der Waals surface area (Å²) >= 11 is 3.24. The van der Waals surface area contributed by atoms with E-state index in [0.717, 1.165) is 11.9 Å². The molecule has 1 unspecified atom stereocenters. The molecule has 0 saturated carbocycles. The lowest BCUT2D eigenvalue weighted by Crippen LogP contribution is -2.43. The highest BCUT2D eigenvalue weighted by Crippen LogP contribution is 2.05. The highest BCUT2D eigenvalue weighted by molar-refractivity contribution is 9.09. The number of hydrogen-bond donors (Lipinski definition) is 1. The van der Waals surface area contributed by atoms with Gasteiger partial charge in [0.1, 0.15) is 0 Å². The number of halogens is 1. The maximum absolute atomic E-state index is 11.2. The molecule has 0 aromatic rings. The average molecular weight is 265 g/mol. The molecule has 1 amide bonds. The fourth-order valence-electron chi connectivity index (χ4n) is 1.41. The lowest BCUT2D eigenvalue weighted by atomic mass is 10.0. The Morgan fingerprint density at radius 3 is 2.36 bits per heavy atom. The third-order valence-corrected chi connectivity index (χ3v) is 2.66. The Hall–Kier alpha value is -0.0900. The second kappa shape index (κ2) is 7.23. The first-order chi connectivity index (χ1) is 6.49. The summed E-state index contributed by atoms with van der Waals surface area (Å²) in [6.45, 7) is 5.07. The van der Waals surface area contributed by atoms with Crippen LogP contribution in [0.25, 0.3) is 0 Å². The van der Waals surface area contributed by atoms with Gasteiger partial charge >= 0.3 is 0 Å². The zero-order chi connectivity index (χ0) is 11.1. The van der Waals surface area contributed by atoms with Gasteiger partial charge in [-0.1, -0.05) is 29.8 Å². The predicted octanol–water partition coefficient (Wildman–Crippen LogP) is 1.47. The van der Waals surface area contributed by atoms with E-state index in [0.29, 0.717) is 18.4 Å². The van der Waals surface area contributed by atoms with Crippen molar-refractivity contribution in [2.75, 3.05) is 26.0 Å². The van der Waals surface area contributed by atoms with Crippen molar-refractivity contribution in [2.24, 2.45) is 5.92 Å². The molecule has 0 saturated heterocycles. The fraction of sp³-hybridized carbons (Fsp3) is 0.900. The maximum Gasteiger partial charge on any atom is 0.220 e. The minimum Gasteiger partial charge on any atom is -0.354 e. The first-order valence-corrected chi connectivity index (χ1v) is 6.10. The average Bonchev–Trinajstić information content (AvgIpc) is 2.03. The molecule has 0 aromatic heterocycles. The normalized spacial score (nSPS) is 13.4. The molecule has 1 N–H and O–H groups in total. The fourth-order valence-corrected chi connectivity index (χ4v) is 1.77. The number of rotatable bonds is 6. The smallest absolute Gasteiger partial charge is 0.220 e. The summed E-state index contributed by atoms with van der Waals surface area (Å²) in [5.41, 5.74) is 0. The number of nitrogens with zero attached hydrogens (tertiary/aromatic N) is 1. The predicted molar refractivity (Wildman–Crippen MR) is 63.7 cm³/mol. The molecule has 1 atom stereocenters. The van der Waals surface area contributed by atoms with Crippen LogP contribution in [0.4, 0.5) is 0 Å². The van der Waals surface area contributed by atoms with Crippen LogP contribution >= 0.6 is 15.9 Å². The largest absolute Gasteiger partial charge is 0.354 e. The molecular formula is C10H21BrN2O. The minimum atomic E-state index is 0.120. The van der Waals surface area contributed by atoms with Crippen molar-refractivity contribution in [1.82, 2.24) is 10.2 Å². The van der Waals surface area contributed by atoms with Crippen molar-refractivity contribution < 1.29 is 4.79 Å². The molecule has 0 aliphatic rings. The Morgan fingerprint density at radius 2 is 2.00 bits per heavy atom. The number of hydrogen-bond acceptors (Lipinski definition) is 2. The molecule has 0 bridgehead atoms. The molecule has 14 heavy (non-hydrogen) atoms. The molecule has 0 spiro atoms. The zero-order valence-electron chi connectivity index (χ0n) is 9.51. The van der Waals surface area contributed by atoms with E-state index in [9.17, 15) is 4.79 Å². The summed E-state index contributed by atoms with van der Waals surface area (Å²) in [5.74, 6) is 0.670. The molecule has 0 rings (SSSR count). The van der Waals surface area contributed by atoms with E-state index in [1.54, 1.807) is 0 Å². The standard InChI is InChI=1S/C10H21BrN2O/c1-8(2)9(13(3)4)7-12-10(14)5-6-11/h8-9H,5-7H2,1-4H3,(H,12,14). The van der Waals surface area contributed by atoms with Gasteiger partial charge in [0.2, 0.25) is 5.91 Å². The summed E-state index contributed by atoms with van der Waals surface area (Å²) in [7, 11) is 4.09.